The molecule has 0 aromatic carbocycles. The van der Waals surface area contributed by atoms with Crippen LogP contribution in [0, 0.1) is 11.3 Å². The summed E-state index contributed by atoms with van der Waals surface area (Å²) in [5, 5.41) is 8.96. The minimum absolute atomic E-state index is 0.166. The molecule has 1 rings (SSSR count). The summed E-state index contributed by atoms with van der Waals surface area (Å²) in [6.07, 6.45) is 2.93. The van der Waals surface area contributed by atoms with Gasteiger partial charge in [0.25, 0.3) is 0 Å². The highest BCUT2D eigenvalue weighted by atomic mass is 16.5. The van der Waals surface area contributed by atoms with Gasteiger partial charge in [0.1, 0.15) is 6.07 Å². The van der Waals surface area contributed by atoms with Crippen LogP contribution in [0.3, 0.4) is 0 Å². The Morgan fingerprint density at radius 2 is 2.33 bits per heavy atom. The molecule has 0 radical (unpaired) electrons. The normalized spacial score (nSPS) is 19.4. The third-order valence-corrected chi connectivity index (χ3v) is 2.50. The van der Waals surface area contributed by atoms with E-state index >= 15 is 0 Å². The highest BCUT2D eigenvalue weighted by molar-refractivity contribution is 5.93. The van der Waals surface area contributed by atoms with Crippen molar-refractivity contribution in [1.82, 2.24) is 4.90 Å². The Labute approximate surface area is 90.1 Å². The lowest BCUT2D eigenvalue weighted by atomic mass is 10.0. The monoisotopic (exact) mass is 208 g/mol. The van der Waals surface area contributed by atoms with Crippen molar-refractivity contribution in [3.63, 3.8) is 0 Å². The Hall–Kier alpha value is -1.50. The molecular formula is C11H16N2O2. The van der Waals surface area contributed by atoms with Crippen LogP contribution in [-0.4, -0.2) is 31.1 Å². The maximum absolute atomic E-state index is 11.5. The molecule has 0 saturated carbocycles. The van der Waals surface area contributed by atoms with E-state index < -0.39 is 5.97 Å². The maximum Gasteiger partial charge on any atom is 0.350 e. The summed E-state index contributed by atoms with van der Waals surface area (Å²) < 4.78 is 4.85. The summed E-state index contributed by atoms with van der Waals surface area (Å²) in [5.41, 5.74) is 0.987. The summed E-state index contributed by atoms with van der Waals surface area (Å²) in [7, 11) is 1.91. The van der Waals surface area contributed by atoms with Crippen LogP contribution < -0.4 is 0 Å². The predicted octanol–water partition coefficient (Wildman–Crippen LogP) is 1.44. The number of nitriles is 1. The molecule has 1 fully saturated rings. The molecule has 0 amide bonds. The van der Waals surface area contributed by atoms with Gasteiger partial charge in [0, 0.05) is 19.3 Å². The molecule has 1 aliphatic heterocycles. The van der Waals surface area contributed by atoms with Crippen molar-refractivity contribution in [1.29, 1.82) is 5.26 Å². The minimum atomic E-state index is -0.497. The number of ether oxygens (including phenoxy) is 1. The molecule has 0 aromatic heterocycles. The first kappa shape index (κ1) is 11.6. The van der Waals surface area contributed by atoms with E-state index in [0.29, 0.717) is 6.61 Å². The molecule has 4 heteroatoms. The summed E-state index contributed by atoms with van der Waals surface area (Å²) in [6.45, 7) is 2.95. The van der Waals surface area contributed by atoms with Crippen molar-refractivity contribution in [3.05, 3.63) is 11.3 Å². The molecule has 15 heavy (non-hydrogen) atoms. The van der Waals surface area contributed by atoms with Crippen LogP contribution in [0.4, 0.5) is 0 Å². The van der Waals surface area contributed by atoms with E-state index in [1.165, 1.54) is 0 Å². The molecule has 1 heterocycles. The molecule has 82 valence electrons. The number of piperidine rings is 1. The molecule has 0 unspecified atom stereocenters. The number of allylic oxidation sites excluding steroid dienone is 1. The Kier molecular flexibility index (Phi) is 4.17. The number of nitrogens with zero attached hydrogens (tertiary/aromatic N) is 2. The van der Waals surface area contributed by atoms with Gasteiger partial charge in [0.2, 0.25) is 0 Å². The fourth-order valence-electron chi connectivity index (χ4n) is 1.71. The summed E-state index contributed by atoms with van der Waals surface area (Å²) in [4.78, 5) is 13.5. The fraction of sp³-hybridized carbons (Fsp3) is 0.636. The molecule has 0 atom stereocenters. The van der Waals surface area contributed by atoms with Crippen LogP contribution in [0.25, 0.3) is 0 Å². The molecule has 0 aliphatic carbocycles. The van der Waals surface area contributed by atoms with E-state index in [-0.39, 0.29) is 5.57 Å². The molecule has 0 spiro atoms. The smallest absolute Gasteiger partial charge is 0.350 e. The van der Waals surface area contributed by atoms with Crippen molar-refractivity contribution in [3.8, 4) is 6.07 Å². The van der Waals surface area contributed by atoms with E-state index in [9.17, 15) is 4.79 Å². The second-order valence-electron chi connectivity index (χ2n) is 3.53. The first-order valence-electron chi connectivity index (χ1n) is 5.22. The van der Waals surface area contributed by atoms with Gasteiger partial charge in [-0.05, 0) is 26.2 Å². The van der Waals surface area contributed by atoms with Gasteiger partial charge in [-0.25, -0.2) is 4.79 Å². The largest absolute Gasteiger partial charge is 0.462 e. The minimum Gasteiger partial charge on any atom is -0.462 e. The van der Waals surface area contributed by atoms with E-state index in [1.54, 1.807) is 6.92 Å². The number of carbonyl (C=O) groups excluding carboxylic acids is 1. The Bertz CT molecular complexity index is 315. The molecule has 0 aromatic rings. The average Bonchev–Trinajstić information content (AvgIpc) is 2.22. The van der Waals surface area contributed by atoms with Gasteiger partial charge in [0.05, 0.1) is 6.61 Å². The lowest BCUT2D eigenvalue weighted by molar-refractivity contribution is -0.138. The standard InChI is InChI=1S/C11H16N2O2/c1-3-15-11(14)9(8-12)10-6-4-5-7-13(10)2/h3-7H2,1-2H3/b10-9+. The zero-order valence-corrected chi connectivity index (χ0v) is 9.25. The van der Waals surface area contributed by atoms with Gasteiger partial charge in [0.15, 0.2) is 5.57 Å². The average molecular weight is 208 g/mol. The first-order chi connectivity index (χ1) is 7.20. The summed E-state index contributed by atoms with van der Waals surface area (Å²) in [5.74, 6) is -0.497. The van der Waals surface area contributed by atoms with Crippen molar-refractivity contribution < 1.29 is 9.53 Å². The van der Waals surface area contributed by atoms with E-state index in [2.05, 4.69) is 0 Å². The summed E-state index contributed by atoms with van der Waals surface area (Å²) >= 11 is 0. The molecule has 0 bridgehead atoms. The van der Waals surface area contributed by atoms with Gasteiger partial charge in [-0.2, -0.15) is 5.26 Å². The Morgan fingerprint density at radius 1 is 1.60 bits per heavy atom. The molecule has 1 saturated heterocycles. The predicted molar refractivity (Wildman–Crippen MR) is 55.8 cm³/mol. The number of hydrogen-bond donors (Lipinski definition) is 0. The number of rotatable bonds is 2. The van der Waals surface area contributed by atoms with Crippen molar-refractivity contribution >= 4 is 5.97 Å². The van der Waals surface area contributed by atoms with E-state index in [4.69, 9.17) is 10.00 Å². The third-order valence-electron chi connectivity index (χ3n) is 2.50. The zero-order chi connectivity index (χ0) is 11.3. The van der Waals surface area contributed by atoms with Crippen LogP contribution in [0.5, 0.6) is 0 Å². The summed E-state index contributed by atoms with van der Waals surface area (Å²) in [6, 6.07) is 1.95. The van der Waals surface area contributed by atoms with Gasteiger partial charge in [-0.1, -0.05) is 0 Å². The quantitative estimate of drug-likeness (QED) is 0.391. The van der Waals surface area contributed by atoms with Crippen LogP contribution >= 0.6 is 0 Å². The van der Waals surface area contributed by atoms with Crippen LogP contribution in [0.2, 0.25) is 0 Å². The van der Waals surface area contributed by atoms with Crippen LogP contribution in [-0.2, 0) is 9.53 Å². The number of hydrogen-bond acceptors (Lipinski definition) is 4. The van der Waals surface area contributed by atoms with Crippen LogP contribution in [0.15, 0.2) is 11.3 Å². The topological polar surface area (TPSA) is 53.3 Å². The number of likely N-dealkylation sites (tertiary alicyclic amines) is 1. The van der Waals surface area contributed by atoms with Gasteiger partial charge in [-0.3, -0.25) is 0 Å². The Balaban J connectivity index is 2.91. The van der Waals surface area contributed by atoms with Crippen molar-refractivity contribution in [2.24, 2.45) is 0 Å². The van der Waals surface area contributed by atoms with Gasteiger partial charge >= 0.3 is 5.97 Å². The molecular weight excluding hydrogens is 192 g/mol. The molecule has 1 aliphatic rings. The van der Waals surface area contributed by atoms with E-state index in [1.807, 2.05) is 18.0 Å². The SMILES string of the molecule is CCOC(=O)/C(C#N)=C1\CCCCN1C. The maximum atomic E-state index is 11.5. The van der Waals surface area contributed by atoms with Crippen molar-refractivity contribution in [2.45, 2.75) is 26.2 Å². The molecule has 4 nitrogen and oxygen atoms in total. The highest BCUT2D eigenvalue weighted by Crippen LogP contribution is 2.22. The first-order valence-corrected chi connectivity index (χ1v) is 5.22. The lowest BCUT2D eigenvalue weighted by Crippen LogP contribution is -2.26. The zero-order valence-electron chi connectivity index (χ0n) is 9.25. The van der Waals surface area contributed by atoms with Gasteiger partial charge in [-0.15, -0.1) is 0 Å². The second-order valence-corrected chi connectivity index (χ2v) is 3.53. The van der Waals surface area contributed by atoms with E-state index in [0.717, 1.165) is 31.5 Å². The molecule has 0 N–H and O–H groups in total. The third kappa shape index (κ3) is 2.72. The number of carbonyl (C=O) groups is 1. The van der Waals surface area contributed by atoms with Crippen molar-refractivity contribution in [2.75, 3.05) is 20.2 Å². The van der Waals surface area contributed by atoms with Crippen LogP contribution in [0.1, 0.15) is 26.2 Å². The number of esters is 1. The Morgan fingerprint density at radius 3 is 2.87 bits per heavy atom. The lowest BCUT2D eigenvalue weighted by Gasteiger charge is -2.28. The highest BCUT2D eigenvalue weighted by Gasteiger charge is 2.21. The van der Waals surface area contributed by atoms with Gasteiger partial charge < -0.3 is 9.64 Å². The fourth-order valence-corrected chi connectivity index (χ4v) is 1.71. The second kappa shape index (κ2) is 5.40.